The van der Waals surface area contributed by atoms with Crippen molar-refractivity contribution in [2.24, 2.45) is 5.10 Å². The van der Waals surface area contributed by atoms with E-state index in [4.69, 9.17) is 44.3 Å². The highest BCUT2D eigenvalue weighted by Crippen LogP contribution is 2.36. The summed E-state index contributed by atoms with van der Waals surface area (Å²) in [5.74, 6) is -1.82. The van der Waals surface area contributed by atoms with Gasteiger partial charge in [-0.1, -0.05) is 46.9 Å². The molecule has 0 radical (unpaired) electrons. The zero-order valence-corrected chi connectivity index (χ0v) is 23.8. The van der Waals surface area contributed by atoms with Gasteiger partial charge >= 0.3 is 11.8 Å². The summed E-state index contributed by atoms with van der Waals surface area (Å²) >= 11 is 21.4. The fourth-order valence-corrected chi connectivity index (χ4v) is 4.11. The van der Waals surface area contributed by atoms with Crippen molar-refractivity contribution >= 4 is 86.0 Å². The Morgan fingerprint density at radius 2 is 1.66 bits per heavy atom. The Kier molecular flexibility index (Phi) is 10.4. The maximum absolute atomic E-state index is 12.4. The molecule has 198 valence electrons. The summed E-state index contributed by atoms with van der Waals surface area (Å²) in [6.07, 6.45) is 1.29. The minimum Gasteiger partial charge on any atom is -0.493 e. The van der Waals surface area contributed by atoms with Crippen molar-refractivity contribution < 1.29 is 23.9 Å². The van der Waals surface area contributed by atoms with Gasteiger partial charge in [-0.05, 0) is 70.4 Å². The van der Waals surface area contributed by atoms with Gasteiger partial charge < -0.3 is 20.1 Å². The van der Waals surface area contributed by atoms with E-state index in [0.29, 0.717) is 26.5 Å². The highest BCUT2D eigenvalue weighted by Gasteiger charge is 2.17. The fraction of sp³-hybridized carbons (Fsp3) is 0.120. The Morgan fingerprint density at radius 3 is 2.37 bits per heavy atom. The van der Waals surface area contributed by atoms with Gasteiger partial charge in [-0.25, -0.2) is 5.43 Å². The van der Waals surface area contributed by atoms with Crippen LogP contribution < -0.4 is 25.5 Å². The zero-order valence-electron chi connectivity index (χ0n) is 19.9. The lowest BCUT2D eigenvalue weighted by Gasteiger charge is -2.14. The number of hydrogen-bond donors (Lipinski definition) is 3. The number of anilines is 2. The van der Waals surface area contributed by atoms with Crippen molar-refractivity contribution in [3.8, 4) is 11.5 Å². The third-order valence-electron chi connectivity index (χ3n) is 4.93. The van der Waals surface area contributed by atoms with Crippen LogP contribution in [0, 0.1) is 6.92 Å². The van der Waals surface area contributed by atoms with E-state index >= 15 is 0 Å². The van der Waals surface area contributed by atoms with Crippen LogP contribution in [0.2, 0.25) is 15.1 Å². The Morgan fingerprint density at radius 1 is 0.974 bits per heavy atom. The first-order chi connectivity index (χ1) is 18.1. The van der Waals surface area contributed by atoms with Crippen LogP contribution in [0.25, 0.3) is 0 Å². The van der Waals surface area contributed by atoms with E-state index in [9.17, 15) is 14.4 Å². The lowest BCUT2D eigenvalue weighted by atomic mass is 10.2. The average molecular weight is 643 g/mol. The summed E-state index contributed by atoms with van der Waals surface area (Å²) in [6, 6.07) is 13.0. The first-order valence-electron chi connectivity index (χ1n) is 10.7. The van der Waals surface area contributed by atoms with Crippen LogP contribution >= 0.6 is 50.7 Å². The van der Waals surface area contributed by atoms with Crippen molar-refractivity contribution in [2.75, 3.05) is 24.4 Å². The molecule has 0 spiro atoms. The summed E-state index contributed by atoms with van der Waals surface area (Å²) in [7, 11) is 1.43. The molecule has 0 fully saturated rings. The highest BCUT2D eigenvalue weighted by molar-refractivity contribution is 9.10. The number of hydrazone groups is 1. The van der Waals surface area contributed by atoms with Gasteiger partial charge in [-0.3, -0.25) is 14.4 Å². The lowest BCUT2D eigenvalue weighted by molar-refractivity contribution is -0.136. The number of nitrogens with zero attached hydrogens (tertiary/aromatic N) is 1. The molecule has 9 nitrogen and oxygen atoms in total. The predicted molar refractivity (Wildman–Crippen MR) is 152 cm³/mol. The molecule has 0 aliphatic carbocycles. The summed E-state index contributed by atoms with van der Waals surface area (Å²) in [5, 5.41) is 9.76. The van der Waals surface area contributed by atoms with Gasteiger partial charge in [0.2, 0.25) is 0 Å². The van der Waals surface area contributed by atoms with Crippen LogP contribution in [0.3, 0.4) is 0 Å². The standard InChI is InChI=1S/C25H20BrCl3N4O5/c1-13-16(27)5-3-7-18(13)31-21(34)12-38-23-15(26)9-14(10-20(23)37-2)11-30-33-25(36)24(35)32-19-8-4-6-17(28)22(19)29/h3-11H,12H2,1-2H3,(H,31,34)(H,32,35)(H,33,36)/b30-11-. The normalized spacial score (nSPS) is 10.7. The maximum atomic E-state index is 12.4. The summed E-state index contributed by atoms with van der Waals surface area (Å²) in [5.41, 5.74) is 4.12. The van der Waals surface area contributed by atoms with Crippen LogP contribution in [0.15, 0.2) is 58.1 Å². The SMILES string of the molecule is COc1cc(/C=N\NC(=O)C(=O)Nc2cccc(Cl)c2Cl)cc(Br)c1OCC(=O)Nc1cccc(Cl)c1C. The zero-order chi connectivity index (χ0) is 27.8. The quantitative estimate of drug-likeness (QED) is 0.162. The van der Waals surface area contributed by atoms with Gasteiger partial charge in [0.15, 0.2) is 18.1 Å². The molecule has 3 aromatic rings. The monoisotopic (exact) mass is 640 g/mol. The van der Waals surface area contributed by atoms with E-state index in [0.717, 1.165) is 5.56 Å². The van der Waals surface area contributed by atoms with Crippen LogP contribution in [0.5, 0.6) is 11.5 Å². The Bertz CT molecular complexity index is 1420. The number of ether oxygens (including phenoxy) is 2. The maximum Gasteiger partial charge on any atom is 0.329 e. The Hall–Kier alpha value is -3.31. The first kappa shape index (κ1) is 29.2. The number of benzene rings is 3. The highest BCUT2D eigenvalue weighted by atomic mass is 79.9. The molecule has 0 saturated heterocycles. The van der Waals surface area contributed by atoms with Crippen LogP contribution in [0.4, 0.5) is 11.4 Å². The average Bonchev–Trinajstić information content (AvgIpc) is 2.88. The van der Waals surface area contributed by atoms with E-state index in [1.54, 1.807) is 49.4 Å². The van der Waals surface area contributed by atoms with Crippen LogP contribution in [-0.4, -0.2) is 37.7 Å². The Balaban J connectivity index is 1.60. The minimum atomic E-state index is -1.02. The second-order valence-corrected chi connectivity index (χ2v) is 9.58. The minimum absolute atomic E-state index is 0.107. The third-order valence-corrected chi connectivity index (χ3v) is 6.74. The van der Waals surface area contributed by atoms with Gasteiger partial charge in [0, 0.05) is 10.7 Å². The fourth-order valence-electron chi connectivity index (χ4n) is 3.02. The molecular formula is C25H20BrCl3N4O5. The number of halogens is 4. The first-order valence-corrected chi connectivity index (χ1v) is 12.7. The molecule has 3 aromatic carbocycles. The number of hydrogen-bond acceptors (Lipinski definition) is 6. The van der Waals surface area contributed by atoms with E-state index in [2.05, 4.69) is 37.1 Å². The van der Waals surface area contributed by atoms with Crippen molar-refractivity contribution in [1.29, 1.82) is 0 Å². The van der Waals surface area contributed by atoms with Crippen molar-refractivity contribution in [1.82, 2.24) is 5.43 Å². The summed E-state index contributed by atoms with van der Waals surface area (Å²) in [6.45, 7) is 1.50. The molecule has 0 atom stereocenters. The molecule has 3 amide bonds. The molecule has 0 aliphatic heterocycles. The number of amides is 3. The molecule has 3 N–H and O–H groups in total. The van der Waals surface area contributed by atoms with E-state index in [1.807, 2.05) is 0 Å². The molecule has 3 rings (SSSR count). The number of carbonyl (C=O) groups excluding carboxylic acids is 3. The van der Waals surface area contributed by atoms with E-state index in [1.165, 1.54) is 19.4 Å². The second kappa shape index (κ2) is 13.5. The number of carbonyl (C=O) groups is 3. The van der Waals surface area contributed by atoms with Crippen molar-refractivity contribution in [2.45, 2.75) is 6.92 Å². The topological polar surface area (TPSA) is 118 Å². The summed E-state index contributed by atoms with van der Waals surface area (Å²) in [4.78, 5) is 36.6. The summed E-state index contributed by atoms with van der Waals surface area (Å²) < 4.78 is 11.5. The largest absolute Gasteiger partial charge is 0.493 e. The molecule has 0 saturated carbocycles. The number of methoxy groups -OCH3 is 1. The molecular weight excluding hydrogens is 623 g/mol. The van der Waals surface area contributed by atoms with Gasteiger partial charge in [0.25, 0.3) is 5.91 Å². The molecule has 0 bridgehead atoms. The van der Waals surface area contributed by atoms with E-state index in [-0.39, 0.29) is 28.1 Å². The van der Waals surface area contributed by atoms with Crippen molar-refractivity contribution in [3.05, 3.63) is 79.2 Å². The molecule has 38 heavy (non-hydrogen) atoms. The lowest BCUT2D eigenvalue weighted by Crippen LogP contribution is -2.32. The van der Waals surface area contributed by atoms with E-state index < -0.39 is 17.7 Å². The smallest absolute Gasteiger partial charge is 0.329 e. The number of rotatable bonds is 8. The van der Waals surface area contributed by atoms with Gasteiger partial charge in [0.1, 0.15) is 0 Å². The second-order valence-electron chi connectivity index (χ2n) is 7.54. The molecule has 0 heterocycles. The molecule has 0 aliphatic rings. The molecule has 0 unspecified atom stereocenters. The van der Waals surface area contributed by atoms with Crippen LogP contribution in [0.1, 0.15) is 11.1 Å². The number of nitrogens with one attached hydrogen (secondary N) is 3. The van der Waals surface area contributed by atoms with Crippen molar-refractivity contribution in [3.63, 3.8) is 0 Å². The van der Waals surface area contributed by atoms with Gasteiger partial charge in [-0.15, -0.1) is 0 Å². The molecule has 13 heteroatoms. The third kappa shape index (κ3) is 7.61. The molecule has 0 aromatic heterocycles. The van der Waals surface area contributed by atoms with Gasteiger partial charge in [0.05, 0.1) is 33.5 Å². The van der Waals surface area contributed by atoms with Crippen LogP contribution in [-0.2, 0) is 14.4 Å². The Labute approximate surface area is 241 Å². The van der Waals surface area contributed by atoms with Gasteiger partial charge in [-0.2, -0.15) is 5.10 Å². The predicted octanol–water partition coefficient (Wildman–Crippen LogP) is 5.83.